The molecule has 0 spiro atoms. The lowest BCUT2D eigenvalue weighted by Crippen LogP contribution is -2.44. The molecule has 0 radical (unpaired) electrons. The van der Waals surface area contributed by atoms with E-state index in [1.165, 1.54) is 38.8 Å². The minimum absolute atomic E-state index is 0.284. The second kappa shape index (κ2) is 8.93. The Balaban J connectivity index is 3.85. The summed E-state index contributed by atoms with van der Waals surface area (Å²) in [7, 11) is 0. The lowest BCUT2D eigenvalue weighted by atomic mass is 10.0. The molecule has 17 heavy (non-hydrogen) atoms. The highest BCUT2D eigenvalue weighted by Gasteiger charge is 2.14. The Kier molecular flexibility index (Phi) is 8.89. The van der Waals surface area contributed by atoms with Crippen molar-refractivity contribution in [3.63, 3.8) is 0 Å². The molecular weight excluding hydrogens is 208 g/mol. The maximum Gasteiger partial charge on any atom is 0.0123 e. The molecule has 2 nitrogen and oxygen atoms in total. The Morgan fingerprint density at radius 2 is 1.71 bits per heavy atom. The molecule has 0 saturated carbocycles. The van der Waals surface area contributed by atoms with Crippen LogP contribution in [0, 0.1) is 0 Å². The van der Waals surface area contributed by atoms with Gasteiger partial charge in [0, 0.05) is 24.7 Å². The zero-order chi connectivity index (χ0) is 13.3. The minimum Gasteiger partial charge on any atom is -0.311 e. The van der Waals surface area contributed by atoms with E-state index in [1.54, 1.807) is 0 Å². The Morgan fingerprint density at radius 1 is 1.06 bits per heavy atom. The van der Waals surface area contributed by atoms with Crippen molar-refractivity contribution >= 4 is 0 Å². The summed E-state index contributed by atoms with van der Waals surface area (Å²) in [6.45, 7) is 17.2. The molecule has 0 heterocycles. The van der Waals surface area contributed by atoms with Crippen LogP contribution >= 0.6 is 0 Å². The number of hydrogen-bond acceptors (Lipinski definition) is 2. The predicted octanol–water partition coefficient (Wildman–Crippen LogP) is 3.67. The summed E-state index contributed by atoms with van der Waals surface area (Å²) in [6, 6.07) is 0.665. The highest BCUT2D eigenvalue weighted by Crippen LogP contribution is 2.07. The van der Waals surface area contributed by atoms with Crippen molar-refractivity contribution in [2.45, 2.75) is 78.8 Å². The van der Waals surface area contributed by atoms with Crippen molar-refractivity contribution in [3.05, 3.63) is 0 Å². The van der Waals surface area contributed by atoms with Crippen molar-refractivity contribution in [1.29, 1.82) is 0 Å². The summed E-state index contributed by atoms with van der Waals surface area (Å²) in [6.07, 6.45) is 5.19. The fourth-order valence-corrected chi connectivity index (χ4v) is 1.86. The van der Waals surface area contributed by atoms with Crippen molar-refractivity contribution in [3.8, 4) is 0 Å². The minimum atomic E-state index is 0.284. The topological polar surface area (TPSA) is 15.3 Å². The van der Waals surface area contributed by atoms with E-state index in [1.807, 2.05) is 0 Å². The number of nitrogens with one attached hydrogen (secondary N) is 1. The average Bonchev–Trinajstić information content (AvgIpc) is 2.27. The Labute approximate surface area is 109 Å². The molecule has 0 aliphatic heterocycles. The molecular formula is C15H34N2. The predicted molar refractivity (Wildman–Crippen MR) is 78.6 cm³/mol. The number of hydrogen-bond donors (Lipinski definition) is 1. The molecule has 0 atom stereocenters. The van der Waals surface area contributed by atoms with E-state index in [4.69, 9.17) is 0 Å². The Bertz CT molecular complexity index is 176. The maximum atomic E-state index is 3.64. The standard InChI is InChI=1S/C15H34N2/c1-7-9-10-12-17(14(3)4)13-11-16-15(5,6)8-2/h14,16H,7-13H2,1-6H3. The van der Waals surface area contributed by atoms with Gasteiger partial charge in [0.15, 0.2) is 0 Å². The average molecular weight is 242 g/mol. The number of rotatable bonds is 10. The monoisotopic (exact) mass is 242 g/mol. The second-order valence-corrected chi connectivity index (χ2v) is 6.00. The third kappa shape index (κ3) is 8.62. The third-order valence-corrected chi connectivity index (χ3v) is 3.67. The van der Waals surface area contributed by atoms with Crippen molar-refractivity contribution < 1.29 is 0 Å². The van der Waals surface area contributed by atoms with Gasteiger partial charge in [0.25, 0.3) is 0 Å². The van der Waals surface area contributed by atoms with Gasteiger partial charge in [0.2, 0.25) is 0 Å². The molecule has 0 aromatic rings. The molecule has 104 valence electrons. The zero-order valence-electron chi connectivity index (χ0n) is 13.0. The molecule has 0 amide bonds. The first-order chi connectivity index (χ1) is 7.93. The molecule has 0 rings (SSSR count). The fraction of sp³-hybridized carbons (Fsp3) is 1.00. The summed E-state index contributed by atoms with van der Waals surface area (Å²) in [5, 5.41) is 3.64. The fourth-order valence-electron chi connectivity index (χ4n) is 1.86. The molecule has 0 aromatic carbocycles. The van der Waals surface area contributed by atoms with Crippen LogP contribution in [0.2, 0.25) is 0 Å². The highest BCUT2D eigenvalue weighted by molar-refractivity contribution is 4.76. The SMILES string of the molecule is CCCCCN(CCNC(C)(C)CC)C(C)C. The number of unbranched alkanes of at least 4 members (excludes halogenated alkanes) is 2. The van der Waals surface area contributed by atoms with Gasteiger partial charge in [-0.3, -0.25) is 4.90 Å². The van der Waals surface area contributed by atoms with E-state index >= 15 is 0 Å². The molecule has 0 aliphatic rings. The van der Waals surface area contributed by atoms with Crippen molar-refractivity contribution in [1.82, 2.24) is 10.2 Å². The smallest absolute Gasteiger partial charge is 0.0123 e. The van der Waals surface area contributed by atoms with E-state index in [-0.39, 0.29) is 5.54 Å². The second-order valence-electron chi connectivity index (χ2n) is 6.00. The van der Waals surface area contributed by atoms with E-state index < -0.39 is 0 Å². The molecule has 0 fully saturated rings. The van der Waals surface area contributed by atoms with Gasteiger partial charge in [0.05, 0.1) is 0 Å². The van der Waals surface area contributed by atoms with Crippen LogP contribution in [0.5, 0.6) is 0 Å². The summed E-state index contributed by atoms with van der Waals surface area (Å²) in [5.41, 5.74) is 0.284. The van der Waals surface area contributed by atoms with Gasteiger partial charge in [-0.2, -0.15) is 0 Å². The first-order valence-electron chi connectivity index (χ1n) is 7.42. The zero-order valence-corrected chi connectivity index (χ0v) is 13.0. The van der Waals surface area contributed by atoms with Crippen LogP contribution in [-0.2, 0) is 0 Å². The summed E-state index contributed by atoms with van der Waals surface area (Å²) < 4.78 is 0. The normalized spacial score (nSPS) is 12.7. The van der Waals surface area contributed by atoms with Crippen LogP contribution in [0.25, 0.3) is 0 Å². The van der Waals surface area contributed by atoms with E-state index in [0.29, 0.717) is 6.04 Å². The maximum absolute atomic E-state index is 3.64. The third-order valence-electron chi connectivity index (χ3n) is 3.67. The van der Waals surface area contributed by atoms with Crippen molar-refractivity contribution in [2.24, 2.45) is 0 Å². The molecule has 0 unspecified atom stereocenters. The molecule has 2 heteroatoms. The van der Waals surface area contributed by atoms with Crippen LogP contribution < -0.4 is 5.32 Å². The van der Waals surface area contributed by atoms with Crippen molar-refractivity contribution in [2.75, 3.05) is 19.6 Å². The largest absolute Gasteiger partial charge is 0.311 e. The van der Waals surface area contributed by atoms with Crippen LogP contribution in [0.4, 0.5) is 0 Å². The lowest BCUT2D eigenvalue weighted by molar-refractivity contribution is 0.208. The van der Waals surface area contributed by atoms with E-state index in [9.17, 15) is 0 Å². The van der Waals surface area contributed by atoms with Gasteiger partial charge in [-0.15, -0.1) is 0 Å². The van der Waals surface area contributed by atoms with Crippen LogP contribution in [0.15, 0.2) is 0 Å². The Hall–Kier alpha value is -0.0800. The first kappa shape index (κ1) is 16.9. The highest BCUT2D eigenvalue weighted by atomic mass is 15.2. The van der Waals surface area contributed by atoms with E-state index in [2.05, 4.69) is 51.8 Å². The van der Waals surface area contributed by atoms with Gasteiger partial charge >= 0.3 is 0 Å². The summed E-state index contributed by atoms with van der Waals surface area (Å²) in [4.78, 5) is 2.59. The van der Waals surface area contributed by atoms with Gasteiger partial charge in [-0.1, -0.05) is 26.7 Å². The van der Waals surface area contributed by atoms with E-state index in [0.717, 1.165) is 6.54 Å². The lowest BCUT2D eigenvalue weighted by Gasteiger charge is -2.30. The van der Waals surface area contributed by atoms with Gasteiger partial charge in [-0.05, 0) is 47.1 Å². The van der Waals surface area contributed by atoms with Gasteiger partial charge < -0.3 is 5.32 Å². The quantitative estimate of drug-likeness (QED) is 0.588. The van der Waals surface area contributed by atoms with Gasteiger partial charge in [0.1, 0.15) is 0 Å². The molecule has 0 saturated heterocycles. The molecule has 1 N–H and O–H groups in total. The van der Waals surface area contributed by atoms with Crippen LogP contribution in [-0.4, -0.2) is 36.1 Å². The molecule has 0 bridgehead atoms. The molecule has 0 aromatic heterocycles. The van der Waals surface area contributed by atoms with Crippen LogP contribution in [0.3, 0.4) is 0 Å². The first-order valence-corrected chi connectivity index (χ1v) is 7.42. The van der Waals surface area contributed by atoms with Gasteiger partial charge in [-0.25, -0.2) is 0 Å². The van der Waals surface area contributed by atoms with Crippen LogP contribution in [0.1, 0.15) is 67.2 Å². The Morgan fingerprint density at radius 3 is 2.18 bits per heavy atom. The summed E-state index contributed by atoms with van der Waals surface area (Å²) in [5.74, 6) is 0. The summed E-state index contributed by atoms with van der Waals surface area (Å²) >= 11 is 0. The number of nitrogens with zero attached hydrogens (tertiary/aromatic N) is 1. The molecule has 0 aliphatic carbocycles.